The lowest BCUT2D eigenvalue weighted by Crippen LogP contribution is -2.41. The monoisotopic (exact) mass is 338 g/mol. The van der Waals surface area contributed by atoms with Crippen LogP contribution in [0.15, 0.2) is 36.5 Å². The zero-order valence-electron chi connectivity index (χ0n) is 14.5. The van der Waals surface area contributed by atoms with E-state index in [0.717, 1.165) is 29.3 Å². The number of carbonyl (C=O) groups excluding carboxylic acids is 1. The van der Waals surface area contributed by atoms with Crippen molar-refractivity contribution in [3.63, 3.8) is 0 Å². The number of amides is 1. The van der Waals surface area contributed by atoms with Crippen molar-refractivity contribution in [1.29, 1.82) is 0 Å². The summed E-state index contributed by atoms with van der Waals surface area (Å²) in [6, 6.07) is 10.1. The number of para-hydroxylation sites is 1. The molecule has 0 spiro atoms. The van der Waals surface area contributed by atoms with Crippen molar-refractivity contribution in [3.8, 4) is 0 Å². The van der Waals surface area contributed by atoms with Crippen LogP contribution in [-0.2, 0) is 4.79 Å². The highest BCUT2D eigenvalue weighted by atomic mass is 16.3. The van der Waals surface area contributed by atoms with Crippen molar-refractivity contribution >= 4 is 16.8 Å². The van der Waals surface area contributed by atoms with Crippen LogP contribution in [0.3, 0.4) is 0 Å². The van der Waals surface area contributed by atoms with Gasteiger partial charge in [-0.05, 0) is 55.2 Å². The maximum absolute atomic E-state index is 12.6. The Kier molecular flexibility index (Phi) is 4.71. The van der Waals surface area contributed by atoms with Crippen LogP contribution in [0.25, 0.3) is 10.9 Å². The van der Waals surface area contributed by atoms with Gasteiger partial charge in [-0.1, -0.05) is 31.0 Å². The number of carbonyl (C=O) groups is 1. The molecule has 132 valence electrons. The van der Waals surface area contributed by atoms with Crippen molar-refractivity contribution in [2.45, 2.75) is 57.1 Å². The molecular formula is C21H26N2O2. The third kappa shape index (κ3) is 3.69. The lowest BCUT2D eigenvalue weighted by atomic mass is 9.75. The largest absolute Gasteiger partial charge is 0.393 e. The van der Waals surface area contributed by atoms with Gasteiger partial charge < -0.3 is 10.4 Å². The van der Waals surface area contributed by atoms with E-state index in [1.165, 1.54) is 25.7 Å². The summed E-state index contributed by atoms with van der Waals surface area (Å²) in [7, 11) is 0. The molecule has 0 aliphatic heterocycles. The highest BCUT2D eigenvalue weighted by Gasteiger charge is 2.36. The Morgan fingerprint density at radius 3 is 2.76 bits per heavy atom. The zero-order valence-corrected chi connectivity index (χ0v) is 14.5. The smallest absolute Gasteiger partial charge is 0.220 e. The molecule has 2 aromatic rings. The second kappa shape index (κ2) is 7.12. The predicted molar refractivity (Wildman–Crippen MR) is 97.9 cm³/mol. The van der Waals surface area contributed by atoms with E-state index in [-0.39, 0.29) is 18.1 Å². The van der Waals surface area contributed by atoms with Gasteiger partial charge in [0.1, 0.15) is 0 Å². The first-order valence-electron chi connectivity index (χ1n) is 9.51. The fourth-order valence-electron chi connectivity index (χ4n) is 4.34. The summed E-state index contributed by atoms with van der Waals surface area (Å²) in [5.41, 5.74) is 2.02. The molecule has 1 atom stereocenters. The molecule has 25 heavy (non-hydrogen) atoms. The molecule has 2 aliphatic carbocycles. The van der Waals surface area contributed by atoms with Crippen LogP contribution in [0.5, 0.6) is 0 Å². The maximum Gasteiger partial charge on any atom is 0.220 e. The number of rotatable bonds is 5. The van der Waals surface area contributed by atoms with Crippen LogP contribution in [0.4, 0.5) is 0 Å². The SMILES string of the molecule is O=C(CC1CCCC1)N[C@H](c1cnc2ccccc2c1)C1CC(O)C1. The molecule has 1 heterocycles. The number of pyridine rings is 1. The van der Waals surface area contributed by atoms with Crippen molar-refractivity contribution < 1.29 is 9.90 Å². The maximum atomic E-state index is 12.6. The summed E-state index contributed by atoms with van der Waals surface area (Å²) in [5, 5.41) is 14.1. The van der Waals surface area contributed by atoms with Crippen LogP contribution >= 0.6 is 0 Å². The van der Waals surface area contributed by atoms with Gasteiger partial charge in [0.15, 0.2) is 0 Å². The number of hydrogen-bond acceptors (Lipinski definition) is 3. The van der Waals surface area contributed by atoms with Crippen LogP contribution in [0.1, 0.15) is 56.6 Å². The average molecular weight is 338 g/mol. The van der Waals surface area contributed by atoms with Gasteiger partial charge in [-0.3, -0.25) is 9.78 Å². The standard InChI is InChI=1S/C21H26N2O2/c24-18-11-16(12-18)21(23-20(25)9-14-5-1-2-6-14)17-10-15-7-3-4-8-19(15)22-13-17/h3-4,7-8,10,13-14,16,18,21,24H,1-2,5-6,9,11-12H2,(H,23,25)/t16?,18?,21-/m0/s1. The van der Waals surface area contributed by atoms with Crippen LogP contribution < -0.4 is 5.32 Å². The Balaban J connectivity index is 1.53. The number of aromatic nitrogens is 1. The summed E-state index contributed by atoms with van der Waals surface area (Å²) in [5.74, 6) is 0.985. The molecule has 2 N–H and O–H groups in total. The minimum Gasteiger partial charge on any atom is -0.393 e. The van der Waals surface area contributed by atoms with E-state index in [1.54, 1.807) is 0 Å². The van der Waals surface area contributed by atoms with Crippen molar-refractivity contribution in [1.82, 2.24) is 10.3 Å². The molecule has 1 aromatic carbocycles. The highest BCUT2D eigenvalue weighted by Crippen LogP contribution is 2.39. The molecule has 0 radical (unpaired) electrons. The summed E-state index contributed by atoms with van der Waals surface area (Å²) in [4.78, 5) is 17.1. The minimum absolute atomic E-state index is 0.0468. The Morgan fingerprint density at radius 2 is 2.00 bits per heavy atom. The number of benzene rings is 1. The quantitative estimate of drug-likeness (QED) is 0.873. The van der Waals surface area contributed by atoms with Gasteiger partial charge in [-0.25, -0.2) is 0 Å². The van der Waals surface area contributed by atoms with E-state index in [9.17, 15) is 9.90 Å². The lowest BCUT2D eigenvalue weighted by molar-refractivity contribution is -0.124. The fraction of sp³-hybridized carbons (Fsp3) is 0.524. The first kappa shape index (κ1) is 16.5. The first-order valence-corrected chi connectivity index (χ1v) is 9.51. The Hall–Kier alpha value is -1.94. The second-order valence-electron chi connectivity index (χ2n) is 7.75. The van der Waals surface area contributed by atoms with E-state index in [2.05, 4.69) is 22.4 Å². The molecule has 4 nitrogen and oxygen atoms in total. The Bertz CT molecular complexity index is 748. The molecular weight excluding hydrogens is 312 g/mol. The number of nitrogens with one attached hydrogen (secondary N) is 1. The van der Waals surface area contributed by atoms with Crippen molar-refractivity contribution in [3.05, 3.63) is 42.1 Å². The Labute approximate surface area is 148 Å². The van der Waals surface area contributed by atoms with Gasteiger partial charge in [-0.2, -0.15) is 0 Å². The molecule has 1 aromatic heterocycles. The van der Waals surface area contributed by atoms with Gasteiger partial charge >= 0.3 is 0 Å². The average Bonchev–Trinajstić information content (AvgIpc) is 3.09. The fourth-order valence-corrected chi connectivity index (χ4v) is 4.34. The zero-order chi connectivity index (χ0) is 17.2. The van der Waals surface area contributed by atoms with E-state index in [4.69, 9.17) is 0 Å². The molecule has 4 heteroatoms. The van der Waals surface area contributed by atoms with E-state index in [0.29, 0.717) is 18.3 Å². The third-order valence-electron chi connectivity index (χ3n) is 5.86. The van der Waals surface area contributed by atoms with Gasteiger partial charge in [-0.15, -0.1) is 0 Å². The molecule has 1 amide bonds. The first-order chi connectivity index (χ1) is 12.2. The van der Waals surface area contributed by atoms with Crippen LogP contribution in [0, 0.1) is 11.8 Å². The molecule has 2 fully saturated rings. The summed E-state index contributed by atoms with van der Waals surface area (Å²) >= 11 is 0. The van der Waals surface area contributed by atoms with E-state index >= 15 is 0 Å². The predicted octanol–water partition coefficient (Wildman–Crippen LogP) is 3.74. The second-order valence-corrected chi connectivity index (χ2v) is 7.75. The highest BCUT2D eigenvalue weighted by molar-refractivity contribution is 5.80. The molecule has 4 rings (SSSR count). The van der Waals surface area contributed by atoms with E-state index < -0.39 is 0 Å². The number of aliphatic hydroxyl groups excluding tert-OH is 1. The third-order valence-corrected chi connectivity index (χ3v) is 5.86. The topological polar surface area (TPSA) is 62.2 Å². The summed E-state index contributed by atoms with van der Waals surface area (Å²) in [6.45, 7) is 0. The number of aliphatic hydroxyl groups is 1. The molecule has 0 saturated heterocycles. The van der Waals surface area contributed by atoms with Crippen LogP contribution in [0.2, 0.25) is 0 Å². The molecule has 2 saturated carbocycles. The molecule has 0 bridgehead atoms. The van der Waals surface area contributed by atoms with Crippen LogP contribution in [-0.4, -0.2) is 22.1 Å². The number of nitrogens with zero attached hydrogens (tertiary/aromatic N) is 1. The van der Waals surface area contributed by atoms with Gasteiger partial charge in [0.05, 0.1) is 17.7 Å². The normalized spacial score (nSPS) is 24.8. The Morgan fingerprint density at radius 1 is 1.24 bits per heavy atom. The summed E-state index contributed by atoms with van der Waals surface area (Å²) < 4.78 is 0. The molecule has 0 unspecified atom stereocenters. The van der Waals surface area contributed by atoms with Crippen molar-refractivity contribution in [2.75, 3.05) is 0 Å². The van der Waals surface area contributed by atoms with E-state index in [1.807, 2.05) is 24.4 Å². The lowest BCUT2D eigenvalue weighted by Gasteiger charge is -2.38. The summed E-state index contributed by atoms with van der Waals surface area (Å²) in [6.07, 6.45) is 8.65. The van der Waals surface area contributed by atoms with Crippen molar-refractivity contribution in [2.24, 2.45) is 11.8 Å². The minimum atomic E-state index is -0.229. The van der Waals surface area contributed by atoms with Gasteiger partial charge in [0.2, 0.25) is 5.91 Å². The number of fused-ring (bicyclic) bond motifs is 1. The molecule has 2 aliphatic rings. The van der Waals surface area contributed by atoms with Gasteiger partial charge in [0.25, 0.3) is 0 Å². The number of hydrogen-bond donors (Lipinski definition) is 2. The van der Waals surface area contributed by atoms with Gasteiger partial charge in [0, 0.05) is 18.0 Å².